The highest BCUT2D eigenvalue weighted by molar-refractivity contribution is 5.88. The first-order valence-electron chi connectivity index (χ1n) is 4.42. The fourth-order valence-electron chi connectivity index (χ4n) is 0.786. The lowest BCUT2D eigenvalue weighted by molar-refractivity contribution is -0.209. The Morgan fingerprint density at radius 2 is 2.00 bits per heavy atom. The molecule has 0 radical (unpaired) electrons. The number of rotatable bonds is 4. The van der Waals surface area contributed by atoms with E-state index in [2.05, 4.69) is 11.5 Å². The molecule has 0 fully saturated rings. The highest BCUT2D eigenvalue weighted by atomic mass is 17.2. The number of hydrogen-bond donors (Lipinski definition) is 1. The summed E-state index contributed by atoms with van der Waals surface area (Å²) < 4.78 is 0. The van der Waals surface area contributed by atoms with Gasteiger partial charge in [-0.05, 0) is 19.1 Å². The zero-order chi connectivity index (χ0) is 11.3. The van der Waals surface area contributed by atoms with Gasteiger partial charge in [0.05, 0.1) is 11.7 Å². The maximum Gasteiger partial charge on any atom is 0.384 e. The Morgan fingerprint density at radius 1 is 1.40 bits per heavy atom. The van der Waals surface area contributed by atoms with Crippen LogP contribution in [0.5, 0.6) is 5.75 Å². The minimum absolute atomic E-state index is 0.0501. The second-order valence-electron chi connectivity index (χ2n) is 2.97. The quantitative estimate of drug-likeness (QED) is 0.462. The molecule has 0 aliphatic heterocycles. The first-order chi connectivity index (χ1) is 7.11. The van der Waals surface area contributed by atoms with Gasteiger partial charge in [0.25, 0.3) is 0 Å². The van der Waals surface area contributed by atoms with Crippen molar-refractivity contribution in [3.05, 3.63) is 42.5 Å². The maximum absolute atomic E-state index is 11.2. The molecular weight excluding hydrogens is 196 g/mol. The van der Waals surface area contributed by atoms with Crippen molar-refractivity contribution < 1.29 is 19.7 Å². The van der Waals surface area contributed by atoms with Gasteiger partial charge in [-0.1, -0.05) is 24.8 Å². The van der Waals surface area contributed by atoms with Gasteiger partial charge in [0.2, 0.25) is 0 Å². The number of para-hydroxylation sites is 1. The van der Waals surface area contributed by atoms with Crippen LogP contribution in [-0.2, 0) is 9.68 Å². The Balaban J connectivity index is 2.45. The van der Waals surface area contributed by atoms with Crippen LogP contribution in [0.15, 0.2) is 42.5 Å². The summed E-state index contributed by atoms with van der Waals surface area (Å²) in [4.78, 5) is 20.3. The molecule has 1 aromatic rings. The van der Waals surface area contributed by atoms with Crippen LogP contribution in [0.4, 0.5) is 0 Å². The summed E-state index contributed by atoms with van der Waals surface area (Å²) in [6.45, 7) is 4.78. The summed E-state index contributed by atoms with van der Waals surface area (Å²) in [7, 11) is 0. The van der Waals surface area contributed by atoms with E-state index in [0.29, 0.717) is 5.75 Å². The molecule has 4 heteroatoms. The van der Waals surface area contributed by atoms with E-state index in [4.69, 9.17) is 9.99 Å². The number of benzene rings is 1. The first-order valence-corrected chi connectivity index (χ1v) is 4.42. The van der Waals surface area contributed by atoms with E-state index < -0.39 is 12.1 Å². The van der Waals surface area contributed by atoms with Crippen molar-refractivity contribution in [2.75, 3.05) is 0 Å². The fraction of sp³-hybridized carbons (Fsp3) is 0.182. The monoisotopic (exact) mass is 208 g/mol. The molecule has 0 aliphatic rings. The van der Waals surface area contributed by atoms with Crippen molar-refractivity contribution in [3.63, 3.8) is 0 Å². The third-order valence-corrected chi connectivity index (χ3v) is 1.72. The lowest BCUT2D eigenvalue weighted by atomic mass is 10.2. The van der Waals surface area contributed by atoms with E-state index in [1.54, 1.807) is 24.3 Å². The standard InChI is InChI=1S/C11H12O4/c1-8(9(2)12)11(13)15-14-10-6-4-3-5-7-10/h3-7,9,12H,1H2,2H3. The number of aliphatic hydroxyl groups excluding tert-OH is 1. The first kappa shape index (κ1) is 11.3. The van der Waals surface area contributed by atoms with Gasteiger partial charge >= 0.3 is 5.97 Å². The van der Waals surface area contributed by atoms with Crippen LogP contribution in [0.2, 0.25) is 0 Å². The Hall–Kier alpha value is -1.81. The fourth-order valence-corrected chi connectivity index (χ4v) is 0.786. The average Bonchev–Trinajstić information content (AvgIpc) is 2.26. The van der Waals surface area contributed by atoms with E-state index in [1.165, 1.54) is 6.92 Å². The van der Waals surface area contributed by atoms with Crippen LogP contribution in [0.1, 0.15) is 6.92 Å². The van der Waals surface area contributed by atoms with Gasteiger partial charge in [-0.25, -0.2) is 9.68 Å². The smallest absolute Gasteiger partial charge is 0.384 e. The van der Waals surface area contributed by atoms with Gasteiger partial charge in [0, 0.05) is 0 Å². The van der Waals surface area contributed by atoms with Crippen LogP contribution in [0.3, 0.4) is 0 Å². The predicted molar refractivity (Wildman–Crippen MR) is 54.0 cm³/mol. The Morgan fingerprint density at radius 3 is 2.53 bits per heavy atom. The number of aliphatic hydroxyl groups is 1. The molecule has 0 aromatic heterocycles. The molecule has 15 heavy (non-hydrogen) atoms. The van der Waals surface area contributed by atoms with Gasteiger partial charge in [-0.3, -0.25) is 4.89 Å². The predicted octanol–water partition coefficient (Wildman–Crippen LogP) is 1.46. The average molecular weight is 208 g/mol. The van der Waals surface area contributed by atoms with E-state index in [1.807, 2.05) is 6.07 Å². The molecule has 4 nitrogen and oxygen atoms in total. The molecule has 0 amide bonds. The van der Waals surface area contributed by atoms with Crippen molar-refractivity contribution in [2.45, 2.75) is 13.0 Å². The number of carbonyl (C=O) groups excluding carboxylic acids is 1. The largest absolute Gasteiger partial charge is 0.388 e. The SMILES string of the molecule is C=C(C(=O)OOc1ccccc1)C(C)O. The Kier molecular flexibility index (Phi) is 3.88. The molecular formula is C11H12O4. The molecule has 0 saturated heterocycles. The van der Waals surface area contributed by atoms with Crippen LogP contribution in [0.25, 0.3) is 0 Å². The second kappa shape index (κ2) is 5.17. The number of carbonyl (C=O) groups is 1. The third-order valence-electron chi connectivity index (χ3n) is 1.72. The Bertz CT molecular complexity index is 343. The highest BCUT2D eigenvalue weighted by Gasteiger charge is 2.15. The van der Waals surface area contributed by atoms with Crippen LogP contribution in [-0.4, -0.2) is 17.2 Å². The van der Waals surface area contributed by atoms with Crippen molar-refractivity contribution >= 4 is 5.97 Å². The number of hydrogen-bond acceptors (Lipinski definition) is 4. The summed E-state index contributed by atoms with van der Waals surface area (Å²) in [5.74, 6) is -0.377. The molecule has 1 atom stereocenters. The van der Waals surface area contributed by atoms with Crippen molar-refractivity contribution in [2.24, 2.45) is 0 Å². The lowest BCUT2D eigenvalue weighted by Crippen LogP contribution is -2.17. The van der Waals surface area contributed by atoms with Crippen molar-refractivity contribution in [3.8, 4) is 5.75 Å². The van der Waals surface area contributed by atoms with Crippen LogP contribution >= 0.6 is 0 Å². The summed E-state index contributed by atoms with van der Waals surface area (Å²) in [5, 5.41) is 9.03. The van der Waals surface area contributed by atoms with E-state index in [9.17, 15) is 4.79 Å². The summed E-state index contributed by atoms with van der Waals surface area (Å²) in [6.07, 6.45) is -0.947. The van der Waals surface area contributed by atoms with Gasteiger partial charge in [0.15, 0.2) is 5.75 Å². The van der Waals surface area contributed by atoms with E-state index in [-0.39, 0.29) is 5.57 Å². The molecule has 80 valence electrons. The molecule has 1 unspecified atom stereocenters. The van der Waals surface area contributed by atoms with Crippen molar-refractivity contribution in [1.82, 2.24) is 0 Å². The molecule has 0 heterocycles. The zero-order valence-electron chi connectivity index (χ0n) is 8.34. The molecule has 1 N–H and O–H groups in total. The molecule has 0 aliphatic carbocycles. The normalized spacial score (nSPS) is 11.6. The van der Waals surface area contributed by atoms with Crippen LogP contribution < -0.4 is 4.89 Å². The highest BCUT2D eigenvalue weighted by Crippen LogP contribution is 2.10. The van der Waals surface area contributed by atoms with Crippen LogP contribution in [0, 0.1) is 0 Å². The summed E-state index contributed by atoms with van der Waals surface area (Å²) in [6, 6.07) is 8.57. The van der Waals surface area contributed by atoms with Crippen molar-refractivity contribution in [1.29, 1.82) is 0 Å². The summed E-state index contributed by atoms with van der Waals surface area (Å²) in [5.41, 5.74) is -0.0501. The summed E-state index contributed by atoms with van der Waals surface area (Å²) >= 11 is 0. The Labute approximate surface area is 87.7 Å². The van der Waals surface area contributed by atoms with E-state index in [0.717, 1.165) is 0 Å². The van der Waals surface area contributed by atoms with Gasteiger partial charge in [-0.2, -0.15) is 0 Å². The van der Waals surface area contributed by atoms with E-state index >= 15 is 0 Å². The third kappa shape index (κ3) is 3.44. The molecule has 0 bridgehead atoms. The molecule has 0 saturated carbocycles. The van der Waals surface area contributed by atoms with Gasteiger partial charge in [-0.15, -0.1) is 0 Å². The lowest BCUT2D eigenvalue weighted by Gasteiger charge is -2.07. The molecule has 0 spiro atoms. The van der Waals surface area contributed by atoms with Gasteiger partial charge < -0.3 is 5.11 Å². The van der Waals surface area contributed by atoms with Gasteiger partial charge in [0.1, 0.15) is 0 Å². The minimum Gasteiger partial charge on any atom is -0.388 e. The zero-order valence-corrected chi connectivity index (χ0v) is 8.34. The molecule has 1 rings (SSSR count). The minimum atomic E-state index is -0.947. The maximum atomic E-state index is 11.2. The second-order valence-corrected chi connectivity index (χ2v) is 2.97. The molecule has 1 aromatic carbocycles. The topological polar surface area (TPSA) is 55.8 Å².